The van der Waals surface area contributed by atoms with Crippen LogP contribution in [0.25, 0.3) is 0 Å². The van der Waals surface area contributed by atoms with Crippen LogP contribution >= 0.6 is 0 Å². The summed E-state index contributed by atoms with van der Waals surface area (Å²) in [6, 6.07) is 15.5. The van der Waals surface area contributed by atoms with Gasteiger partial charge >= 0.3 is 0 Å². The molecule has 20 heavy (non-hydrogen) atoms. The molecule has 2 rings (SSSR count). The molecule has 2 N–H and O–H groups in total. The SMILES string of the molecule is CCc1ccc(C(O)C(O)c2ccc(CC)cc2)cc1. The molecule has 2 aromatic carbocycles. The van der Waals surface area contributed by atoms with Crippen LogP contribution in [0.3, 0.4) is 0 Å². The highest BCUT2D eigenvalue weighted by Gasteiger charge is 2.19. The molecule has 0 heterocycles. The third kappa shape index (κ3) is 3.27. The number of aryl methyl sites for hydroxylation is 2. The average Bonchev–Trinajstić information content (AvgIpc) is 2.53. The monoisotopic (exact) mass is 270 g/mol. The number of rotatable bonds is 5. The van der Waals surface area contributed by atoms with Gasteiger partial charge in [0.05, 0.1) is 0 Å². The summed E-state index contributed by atoms with van der Waals surface area (Å²) in [5.41, 5.74) is 3.94. The van der Waals surface area contributed by atoms with Crippen molar-refractivity contribution < 1.29 is 10.2 Å². The fourth-order valence-electron chi connectivity index (χ4n) is 2.27. The molecule has 0 fully saturated rings. The van der Waals surface area contributed by atoms with Gasteiger partial charge in [0.1, 0.15) is 12.2 Å². The lowest BCUT2D eigenvalue weighted by Gasteiger charge is -2.19. The Bertz CT molecular complexity index is 477. The van der Waals surface area contributed by atoms with E-state index in [2.05, 4.69) is 13.8 Å². The molecule has 0 aliphatic heterocycles. The van der Waals surface area contributed by atoms with Gasteiger partial charge in [-0.2, -0.15) is 0 Å². The standard InChI is InChI=1S/C18H22O2/c1-3-13-5-9-15(10-6-13)17(19)18(20)16-11-7-14(4-2)8-12-16/h5-12,17-20H,3-4H2,1-2H3. The van der Waals surface area contributed by atoms with Crippen molar-refractivity contribution >= 4 is 0 Å². The minimum Gasteiger partial charge on any atom is -0.385 e. The van der Waals surface area contributed by atoms with E-state index in [0.717, 1.165) is 24.0 Å². The van der Waals surface area contributed by atoms with Crippen LogP contribution in [0.1, 0.15) is 48.3 Å². The largest absolute Gasteiger partial charge is 0.385 e. The van der Waals surface area contributed by atoms with Gasteiger partial charge in [-0.15, -0.1) is 0 Å². The van der Waals surface area contributed by atoms with Gasteiger partial charge in [-0.25, -0.2) is 0 Å². The zero-order valence-electron chi connectivity index (χ0n) is 12.1. The van der Waals surface area contributed by atoms with Gasteiger partial charge in [0, 0.05) is 0 Å². The quantitative estimate of drug-likeness (QED) is 0.872. The Morgan fingerprint density at radius 1 is 0.650 bits per heavy atom. The van der Waals surface area contributed by atoms with E-state index in [0.29, 0.717) is 0 Å². The number of hydrogen-bond donors (Lipinski definition) is 2. The van der Waals surface area contributed by atoms with Crippen LogP contribution in [0.15, 0.2) is 48.5 Å². The zero-order chi connectivity index (χ0) is 14.5. The van der Waals surface area contributed by atoms with E-state index in [1.807, 2.05) is 48.5 Å². The van der Waals surface area contributed by atoms with Crippen molar-refractivity contribution in [3.63, 3.8) is 0 Å². The summed E-state index contributed by atoms with van der Waals surface area (Å²) < 4.78 is 0. The van der Waals surface area contributed by atoms with Gasteiger partial charge in [-0.05, 0) is 35.1 Å². The predicted molar refractivity (Wildman–Crippen MR) is 81.6 cm³/mol. The van der Waals surface area contributed by atoms with Gasteiger partial charge in [-0.1, -0.05) is 62.4 Å². The molecule has 2 unspecified atom stereocenters. The van der Waals surface area contributed by atoms with Crippen LogP contribution < -0.4 is 0 Å². The first-order valence-electron chi connectivity index (χ1n) is 7.19. The minimum atomic E-state index is -0.895. The molecule has 106 valence electrons. The third-order valence-corrected chi connectivity index (χ3v) is 3.76. The Kier molecular flexibility index (Phi) is 4.94. The smallest absolute Gasteiger partial charge is 0.109 e. The van der Waals surface area contributed by atoms with Gasteiger partial charge in [-0.3, -0.25) is 0 Å². The lowest BCUT2D eigenvalue weighted by atomic mass is 9.96. The van der Waals surface area contributed by atoms with Crippen molar-refractivity contribution in [1.29, 1.82) is 0 Å². The van der Waals surface area contributed by atoms with Crippen molar-refractivity contribution in [2.75, 3.05) is 0 Å². The van der Waals surface area contributed by atoms with Crippen LogP contribution in [0, 0.1) is 0 Å². The van der Waals surface area contributed by atoms with E-state index in [1.54, 1.807) is 0 Å². The summed E-state index contributed by atoms with van der Waals surface area (Å²) in [5.74, 6) is 0. The first-order valence-corrected chi connectivity index (χ1v) is 7.19. The molecule has 2 heteroatoms. The summed E-state index contributed by atoms with van der Waals surface area (Å²) in [7, 11) is 0. The van der Waals surface area contributed by atoms with Crippen LogP contribution in [0.2, 0.25) is 0 Å². The first kappa shape index (κ1) is 14.8. The summed E-state index contributed by atoms with van der Waals surface area (Å²) in [6.45, 7) is 4.19. The van der Waals surface area contributed by atoms with Gasteiger partial charge in [0.15, 0.2) is 0 Å². The van der Waals surface area contributed by atoms with Crippen LogP contribution in [0.5, 0.6) is 0 Å². The zero-order valence-corrected chi connectivity index (χ0v) is 12.1. The normalized spacial score (nSPS) is 14.0. The molecule has 2 aromatic rings. The molecule has 0 aliphatic carbocycles. The van der Waals surface area contributed by atoms with Gasteiger partial charge < -0.3 is 10.2 Å². The topological polar surface area (TPSA) is 40.5 Å². The van der Waals surface area contributed by atoms with E-state index >= 15 is 0 Å². The molecule has 0 amide bonds. The second-order valence-electron chi connectivity index (χ2n) is 5.08. The highest BCUT2D eigenvalue weighted by molar-refractivity contribution is 5.29. The molecule has 0 saturated carbocycles. The van der Waals surface area contributed by atoms with E-state index < -0.39 is 12.2 Å². The van der Waals surface area contributed by atoms with E-state index in [4.69, 9.17) is 0 Å². The number of hydrogen-bond acceptors (Lipinski definition) is 2. The molecule has 0 saturated heterocycles. The van der Waals surface area contributed by atoms with Gasteiger partial charge in [0.25, 0.3) is 0 Å². The Hall–Kier alpha value is -1.64. The number of benzene rings is 2. The highest BCUT2D eigenvalue weighted by Crippen LogP contribution is 2.29. The second kappa shape index (κ2) is 6.69. The van der Waals surface area contributed by atoms with Crippen LogP contribution in [-0.2, 0) is 12.8 Å². The molecule has 2 atom stereocenters. The summed E-state index contributed by atoms with van der Waals surface area (Å²) in [6.07, 6.45) is 0.149. The molecule has 0 spiro atoms. The lowest BCUT2D eigenvalue weighted by molar-refractivity contribution is 0.0172. The highest BCUT2D eigenvalue weighted by atomic mass is 16.3. The maximum Gasteiger partial charge on any atom is 0.109 e. The average molecular weight is 270 g/mol. The minimum absolute atomic E-state index is 0.745. The molecule has 0 aromatic heterocycles. The fraction of sp³-hybridized carbons (Fsp3) is 0.333. The maximum absolute atomic E-state index is 10.3. The van der Waals surface area contributed by atoms with Gasteiger partial charge in [0.2, 0.25) is 0 Å². The summed E-state index contributed by atoms with van der Waals surface area (Å²) >= 11 is 0. The molecular formula is C18H22O2. The number of aliphatic hydroxyl groups excluding tert-OH is 2. The van der Waals surface area contributed by atoms with Crippen molar-refractivity contribution in [1.82, 2.24) is 0 Å². The molecule has 0 bridgehead atoms. The molecule has 0 aliphatic rings. The van der Waals surface area contributed by atoms with E-state index in [1.165, 1.54) is 11.1 Å². The van der Waals surface area contributed by atoms with Crippen molar-refractivity contribution in [3.05, 3.63) is 70.8 Å². The van der Waals surface area contributed by atoms with Crippen molar-refractivity contribution in [2.45, 2.75) is 38.9 Å². The number of aliphatic hydroxyl groups is 2. The molecular weight excluding hydrogens is 248 g/mol. The third-order valence-electron chi connectivity index (χ3n) is 3.76. The molecule has 2 nitrogen and oxygen atoms in total. The summed E-state index contributed by atoms with van der Waals surface area (Å²) in [4.78, 5) is 0. The van der Waals surface area contributed by atoms with Crippen LogP contribution in [0.4, 0.5) is 0 Å². The van der Waals surface area contributed by atoms with Crippen LogP contribution in [-0.4, -0.2) is 10.2 Å². The lowest BCUT2D eigenvalue weighted by Crippen LogP contribution is -2.10. The maximum atomic E-state index is 10.3. The Balaban J connectivity index is 2.15. The van der Waals surface area contributed by atoms with Crippen molar-refractivity contribution in [3.8, 4) is 0 Å². The Morgan fingerprint density at radius 2 is 0.950 bits per heavy atom. The fourth-order valence-corrected chi connectivity index (χ4v) is 2.27. The Labute approximate surface area is 120 Å². The van der Waals surface area contributed by atoms with E-state index in [-0.39, 0.29) is 0 Å². The van der Waals surface area contributed by atoms with Crippen molar-refractivity contribution in [2.24, 2.45) is 0 Å². The summed E-state index contributed by atoms with van der Waals surface area (Å²) in [5, 5.41) is 20.6. The second-order valence-corrected chi connectivity index (χ2v) is 5.08. The Morgan fingerprint density at radius 3 is 1.20 bits per heavy atom. The first-order chi connectivity index (χ1) is 9.65. The molecule has 0 radical (unpaired) electrons. The predicted octanol–water partition coefficient (Wildman–Crippen LogP) is 3.58. The van der Waals surface area contributed by atoms with E-state index in [9.17, 15) is 10.2 Å².